The van der Waals surface area contributed by atoms with E-state index in [1.54, 1.807) is 0 Å². The Morgan fingerprint density at radius 1 is 1.38 bits per heavy atom. The summed E-state index contributed by atoms with van der Waals surface area (Å²) in [5, 5.41) is 9.53. The number of oxazole rings is 1. The summed E-state index contributed by atoms with van der Waals surface area (Å²) < 4.78 is 5.76. The Morgan fingerprint density at radius 2 is 2.10 bits per heavy atom. The molecule has 5 heteroatoms. The van der Waals surface area contributed by atoms with Crippen LogP contribution in [-0.4, -0.2) is 29.1 Å². The van der Waals surface area contributed by atoms with E-state index in [0.717, 1.165) is 23.9 Å². The molecule has 0 saturated carbocycles. The van der Waals surface area contributed by atoms with E-state index in [-0.39, 0.29) is 0 Å². The molecule has 0 atom stereocenters. The number of para-hydroxylation sites is 2. The van der Waals surface area contributed by atoms with Crippen molar-refractivity contribution in [2.45, 2.75) is 32.6 Å². The van der Waals surface area contributed by atoms with Gasteiger partial charge in [0.25, 0.3) is 6.01 Å². The molecule has 1 aliphatic heterocycles. The third kappa shape index (κ3) is 2.48. The van der Waals surface area contributed by atoms with Gasteiger partial charge in [-0.2, -0.15) is 4.98 Å². The van der Waals surface area contributed by atoms with Gasteiger partial charge in [-0.3, -0.25) is 4.79 Å². The topological polar surface area (TPSA) is 66.6 Å². The second-order valence-corrected chi connectivity index (χ2v) is 5.79. The van der Waals surface area contributed by atoms with Crippen LogP contribution in [0.5, 0.6) is 0 Å². The van der Waals surface area contributed by atoms with Crippen molar-refractivity contribution in [1.82, 2.24) is 4.98 Å². The SMILES string of the molecule is CCCC1(C(=O)O)CCN(c2nc3ccccc3o2)CC1. The van der Waals surface area contributed by atoms with Gasteiger partial charge in [-0.15, -0.1) is 0 Å². The largest absolute Gasteiger partial charge is 0.481 e. The number of benzene rings is 1. The number of piperidine rings is 1. The van der Waals surface area contributed by atoms with E-state index in [9.17, 15) is 9.90 Å². The number of rotatable bonds is 4. The lowest BCUT2D eigenvalue weighted by atomic mass is 9.75. The highest BCUT2D eigenvalue weighted by Gasteiger charge is 2.41. The van der Waals surface area contributed by atoms with Crippen molar-refractivity contribution in [3.63, 3.8) is 0 Å². The highest BCUT2D eigenvalue weighted by molar-refractivity contribution is 5.76. The zero-order valence-electron chi connectivity index (χ0n) is 12.2. The van der Waals surface area contributed by atoms with Crippen LogP contribution in [-0.2, 0) is 4.79 Å². The zero-order chi connectivity index (χ0) is 14.9. The molecule has 1 aliphatic rings. The van der Waals surface area contributed by atoms with E-state index in [1.165, 1.54) is 0 Å². The van der Waals surface area contributed by atoms with Gasteiger partial charge >= 0.3 is 5.97 Å². The minimum atomic E-state index is -0.665. The van der Waals surface area contributed by atoms with E-state index in [0.29, 0.717) is 31.9 Å². The molecule has 2 aromatic rings. The molecule has 0 aliphatic carbocycles. The van der Waals surface area contributed by atoms with Gasteiger partial charge in [-0.05, 0) is 31.4 Å². The minimum Gasteiger partial charge on any atom is -0.481 e. The summed E-state index contributed by atoms with van der Waals surface area (Å²) in [4.78, 5) is 18.1. The molecule has 5 nitrogen and oxygen atoms in total. The van der Waals surface area contributed by atoms with Crippen LogP contribution >= 0.6 is 0 Å². The molecule has 0 unspecified atom stereocenters. The maximum atomic E-state index is 11.6. The van der Waals surface area contributed by atoms with Crippen LogP contribution in [0.15, 0.2) is 28.7 Å². The predicted octanol–water partition coefficient (Wildman–Crippen LogP) is 3.30. The van der Waals surface area contributed by atoms with Crippen molar-refractivity contribution < 1.29 is 14.3 Å². The van der Waals surface area contributed by atoms with Gasteiger partial charge in [-0.25, -0.2) is 0 Å². The Balaban J connectivity index is 1.77. The first kappa shape index (κ1) is 13.9. The quantitative estimate of drug-likeness (QED) is 0.935. The second-order valence-electron chi connectivity index (χ2n) is 5.79. The van der Waals surface area contributed by atoms with E-state index in [2.05, 4.69) is 9.88 Å². The molecule has 1 N–H and O–H groups in total. The van der Waals surface area contributed by atoms with Gasteiger partial charge < -0.3 is 14.4 Å². The number of anilines is 1. The lowest BCUT2D eigenvalue weighted by Gasteiger charge is -2.38. The highest BCUT2D eigenvalue weighted by Crippen LogP contribution is 2.38. The summed E-state index contributed by atoms with van der Waals surface area (Å²) in [6.45, 7) is 3.40. The van der Waals surface area contributed by atoms with Crippen molar-refractivity contribution in [3.8, 4) is 0 Å². The van der Waals surface area contributed by atoms with Crippen LogP contribution in [0.3, 0.4) is 0 Å². The van der Waals surface area contributed by atoms with Crippen LogP contribution in [0.2, 0.25) is 0 Å². The first-order valence-electron chi connectivity index (χ1n) is 7.48. The Kier molecular flexibility index (Phi) is 3.57. The smallest absolute Gasteiger partial charge is 0.309 e. The summed E-state index contributed by atoms with van der Waals surface area (Å²) in [6.07, 6.45) is 2.93. The first-order valence-corrected chi connectivity index (χ1v) is 7.48. The summed E-state index contributed by atoms with van der Waals surface area (Å²) in [6, 6.07) is 8.28. The van der Waals surface area contributed by atoms with Gasteiger partial charge in [0.2, 0.25) is 0 Å². The summed E-state index contributed by atoms with van der Waals surface area (Å²) in [5.41, 5.74) is 1.05. The maximum Gasteiger partial charge on any atom is 0.309 e. The minimum absolute atomic E-state index is 0.572. The molecule has 3 rings (SSSR count). The Morgan fingerprint density at radius 3 is 2.71 bits per heavy atom. The van der Waals surface area contributed by atoms with Gasteiger partial charge in [-0.1, -0.05) is 25.5 Å². The van der Waals surface area contributed by atoms with Crippen LogP contribution in [0.1, 0.15) is 32.6 Å². The average molecular weight is 288 g/mol. The number of hydrogen-bond donors (Lipinski definition) is 1. The number of carboxylic acids is 1. The molecule has 112 valence electrons. The standard InChI is InChI=1S/C16H20N2O3/c1-2-7-16(14(19)20)8-10-18(11-9-16)15-17-12-5-3-4-6-13(12)21-15/h3-6H,2,7-11H2,1H3,(H,19,20). The van der Waals surface area contributed by atoms with Crippen molar-refractivity contribution in [2.75, 3.05) is 18.0 Å². The first-order chi connectivity index (χ1) is 10.1. The number of nitrogens with zero attached hydrogens (tertiary/aromatic N) is 2. The van der Waals surface area contributed by atoms with E-state index in [4.69, 9.17) is 4.42 Å². The third-order valence-electron chi connectivity index (χ3n) is 4.46. The number of carbonyl (C=O) groups is 1. The molecule has 0 radical (unpaired) electrons. The summed E-state index contributed by atoms with van der Waals surface area (Å²) in [5.74, 6) is -0.665. The molecule has 1 aromatic heterocycles. The Hall–Kier alpha value is -2.04. The van der Waals surface area contributed by atoms with Crippen LogP contribution in [0.4, 0.5) is 6.01 Å². The number of aromatic nitrogens is 1. The number of aliphatic carboxylic acids is 1. The van der Waals surface area contributed by atoms with E-state index < -0.39 is 11.4 Å². The van der Waals surface area contributed by atoms with Crippen molar-refractivity contribution >= 4 is 23.1 Å². The third-order valence-corrected chi connectivity index (χ3v) is 4.46. The molecule has 2 heterocycles. The monoisotopic (exact) mass is 288 g/mol. The zero-order valence-corrected chi connectivity index (χ0v) is 12.2. The molecule has 1 saturated heterocycles. The Bertz CT molecular complexity index is 609. The Labute approximate surface area is 123 Å². The molecule has 21 heavy (non-hydrogen) atoms. The van der Waals surface area contributed by atoms with Gasteiger partial charge in [0.05, 0.1) is 5.41 Å². The molecule has 1 fully saturated rings. The van der Waals surface area contributed by atoms with Crippen molar-refractivity contribution in [2.24, 2.45) is 5.41 Å². The number of fused-ring (bicyclic) bond motifs is 1. The van der Waals surface area contributed by atoms with Crippen molar-refractivity contribution in [1.29, 1.82) is 0 Å². The van der Waals surface area contributed by atoms with Gasteiger partial charge in [0.1, 0.15) is 5.52 Å². The molecule has 1 aromatic carbocycles. The normalized spacial score (nSPS) is 18.0. The maximum absolute atomic E-state index is 11.6. The molecular formula is C16H20N2O3. The van der Waals surface area contributed by atoms with E-state index in [1.807, 2.05) is 31.2 Å². The second kappa shape index (κ2) is 5.39. The fraction of sp³-hybridized carbons (Fsp3) is 0.500. The van der Waals surface area contributed by atoms with E-state index >= 15 is 0 Å². The fourth-order valence-electron chi connectivity index (χ4n) is 3.17. The molecular weight excluding hydrogens is 268 g/mol. The van der Waals surface area contributed by atoms with Crippen LogP contribution in [0.25, 0.3) is 11.1 Å². The molecule has 0 bridgehead atoms. The lowest BCUT2D eigenvalue weighted by molar-refractivity contribution is -0.150. The van der Waals surface area contributed by atoms with Crippen LogP contribution in [0, 0.1) is 5.41 Å². The number of carboxylic acid groups (broad SMARTS) is 1. The average Bonchev–Trinajstić information content (AvgIpc) is 2.92. The fourth-order valence-corrected chi connectivity index (χ4v) is 3.17. The predicted molar refractivity (Wildman–Crippen MR) is 80.4 cm³/mol. The highest BCUT2D eigenvalue weighted by atomic mass is 16.4. The van der Waals surface area contributed by atoms with Gasteiger partial charge in [0, 0.05) is 13.1 Å². The molecule has 0 spiro atoms. The van der Waals surface area contributed by atoms with Gasteiger partial charge in [0.15, 0.2) is 5.58 Å². The van der Waals surface area contributed by atoms with Crippen LogP contribution < -0.4 is 4.90 Å². The molecule has 0 amide bonds. The lowest BCUT2D eigenvalue weighted by Crippen LogP contribution is -2.44. The summed E-state index contributed by atoms with van der Waals surface area (Å²) >= 11 is 0. The summed E-state index contributed by atoms with van der Waals surface area (Å²) in [7, 11) is 0. The number of hydrogen-bond acceptors (Lipinski definition) is 4. The van der Waals surface area contributed by atoms with Crippen molar-refractivity contribution in [3.05, 3.63) is 24.3 Å².